The molecule has 3 aromatic rings. The summed E-state index contributed by atoms with van der Waals surface area (Å²) in [5.41, 5.74) is 4.04. The molecular weight excluding hydrogens is 348 g/mol. The molecule has 1 amide bonds. The summed E-state index contributed by atoms with van der Waals surface area (Å²) in [4.78, 5) is 18.0. The van der Waals surface area contributed by atoms with Crippen LogP contribution in [0.25, 0.3) is 10.2 Å². The van der Waals surface area contributed by atoms with Gasteiger partial charge < -0.3 is 19.4 Å². The van der Waals surface area contributed by atoms with E-state index >= 15 is 0 Å². The molecule has 1 aliphatic rings. The molecule has 26 heavy (non-hydrogen) atoms. The number of thiophene rings is 1. The van der Waals surface area contributed by atoms with E-state index in [1.807, 2.05) is 42.3 Å². The maximum absolute atomic E-state index is 12.9. The zero-order valence-electron chi connectivity index (χ0n) is 15.0. The van der Waals surface area contributed by atoms with Crippen LogP contribution >= 0.6 is 11.3 Å². The number of hydrogen-bond donors (Lipinski definition) is 1. The van der Waals surface area contributed by atoms with Gasteiger partial charge in [-0.3, -0.25) is 4.79 Å². The summed E-state index contributed by atoms with van der Waals surface area (Å²) in [6, 6.07) is 8.04. The molecule has 0 saturated heterocycles. The van der Waals surface area contributed by atoms with Crippen LogP contribution in [0.2, 0.25) is 0 Å². The van der Waals surface area contributed by atoms with Gasteiger partial charge in [-0.1, -0.05) is 0 Å². The predicted octanol–water partition coefficient (Wildman–Crippen LogP) is 4.23. The first kappa shape index (κ1) is 17.0. The summed E-state index contributed by atoms with van der Waals surface area (Å²) < 4.78 is 12.6. The van der Waals surface area contributed by atoms with Gasteiger partial charge in [0, 0.05) is 13.1 Å². The molecule has 0 aliphatic carbocycles. The summed E-state index contributed by atoms with van der Waals surface area (Å²) in [6.07, 6.45) is 0.822. The van der Waals surface area contributed by atoms with Gasteiger partial charge in [0.25, 0.3) is 5.91 Å². The van der Waals surface area contributed by atoms with Crippen molar-refractivity contribution in [3.05, 3.63) is 46.5 Å². The molecule has 6 heteroatoms. The van der Waals surface area contributed by atoms with Crippen molar-refractivity contribution in [2.75, 3.05) is 19.8 Å². The highest BCUT2D eigenvalue weighted by Crippen LogP contribution is 2.34. The summed E-state index contributed by atoms with van der Waals surface area (Å²) in [6.45, 7) is 6.41. The Hall–Kier alpha value is -2.47. The Kier molecular flexibility index (Phi) is 4.59. The van der Waals surface area contributed by atoms with Gasteiger partial charge >= 0.3 is 0 Å². The number of rotatable bonds is 5. The van der Waals surface area contributed by atoms with Crippen molar-refractivity contribution in [2.24, 2.45) is 0 Å². The third-order valence-corrected chi connectivity index (χ3v) is 5.50. The average Bonchev–Trinajstić information content (AvgIpc) is 3.23. The molecule has 3 heterocycles. The molecule has 1 aromatic carbocycles. The van der Waals surface area contributed by atoms with Gasteiger partial charge in [-0.05, 0) is 61.0 Å². The number of hydrogen-bond acceptors (Lipinski definition) is 4. The summed E-state index contributed by atoms with van der Waals surface area (Å²) in [7, 11) is 0. The van der Waals surface area contributed by atoms with Crippen LogP contribution in [-0.4, -0.2) is 35.5 Å². The molecule has 1 N–H and O–H groups in total. The number of ether oxygens (including phenoxy) is 2. The van der Waals surface area contributed by atoms with Crippen LogP contribution in [0.4, 0.5) is 0 Å². The van der Waals surface area contributed by atoms with Crippen LogP contribution in [-0.2, 0) is 13.0 Å². The molecule has 2 aromatic heterocycles. The van der Waals surface area contributed by atoms with Gasteiger partial charge in [0.1, 0.15) is 5.69 Å². The lowest BCUT2D eigenvalue weighted by atomic mass is 9.98. The maximum atomic E-state index is 12.9. The van der Waals surface area contributed by atoms with Crippen LogP contribution in [0.15, 0.2) is 29.6 Å². The van der Waals surface area contributed by atoms with E-state index in [2.05, 4.69) is 11.1 Å². The number of benzene rings is 1. The highest BCUT2D eigenvalue weighted by atomic mass is 32.1. The van der Waals surface area contributed by atoms with Gasteiger partial charge in [-0.15, -0.1) is 11.3 Å². The molecule has 0 radical (unpaired) electrons. The van der Waals surface area contributed by atoms with E-state index < -0.39 is 0 Å². The summed E-state index contributed by atoms with van der Waals surface area (Å²) >= 11 is 1.64. The number of carbonyl (C=O) groups excluding carboxylic acids is 1. The largest absolute Gasteiger partial charge is 0.490 e. The molecule has 0 spiro atoms. The van der Waals surface area contributed by atoms with Crippen molar-refractivity contribution in [3.8, 4) is 11.5 Å². The Labute approximate surface area is 156 Å². The van der Waals surface area contributed by atoms with Crippen LogP contribution in [0.1, 0.15) is 35.5 Å². The van der Waals surface area contributed by atoms with E-state index in [0.29, 0.717) is 32.0 Å². The third kappa shape index (κ3) is 3.05. The van der Waals surface area contributed by atoms with Crippen molar-refractivity contribution < 1.29 is 14.3 Å². The SMILES string of the molecule is CCOc1cc2c(cc1OCC)CN(C(=O)c1cc3sccc3[nH]1)CC2. The first-order valence-corrected chi connectivity index (χ1v) is 9.84. The monoisotopic (exact) mass is 370 g/mol. The fourth-order valence-corrected chi connectivity index (χ4v) is 4.19. The summed E-state index contributed by atoms with van der Waals surface area (Å²) in [5, 5.41) is 2.03. The number of aromatic amines is 1. The van der Waals surface area contributed by atoms with Crippen molar-refractivity contribution in [1.29, 1.82) is 0 Å². The number of H-pyrrole nitrogens is 1. The van der Waals surface area contributed by atoms with Gasteiger partial charge in [0.2, 0.25) is 0 Å². The Morgan fingerprint density at radius 2 is 1.88 bits per heavy atom. The number of nitrogens with one attached hydrogen (secondary N) is 1. The van der Waals surface area contributed by atoms with E-state index in [-0.39, 0.29) is 5.91 Å². The van der Waals surface area contributed by atoms with Gasteiger partial charge in [0.05, 0.1) is 23.4 Å². The number of nitrogens with zero attached hydrogens (tertiary/aromatic N) is 1. The molecule has 0 fully saturated rings. The average molecular weight is 370 g/mol. The topological polar surface area (TPSA) is 54.6 Å². The van der Waals surface area contributed by atoms with E-state index in [1.54, 1.807) is 11.3 Å². The molecule has 0 saturated carbocycles. The third-order valence-electron chi connectivity index (χ3n) is 4.64. The maximum Gasteiger partial charge on any atom is 0.270 e. The zero-order chi connectivity index (χ0) is 18.1. The van der Waals surface area contributed by atoms with E-state index in [1.165, 1.54) is 5.56 Å². The fraction of sp³-hybridized carbons (Fsp3) is 0.350. The molecule has 5 nitrogen and oxygen atoms in total. The van der Waals surface area contributed by atoms with E-state index in [0.717, 1.165) is 33.7 Å². The van der Waals surface area contributed by atoms with Crippen LogP contribution in [0.3, 0.4) is 0 Å². The Morgan fingerprint density at radius 1 is 1.15 bits per heavy atom. The lowest BCUT2D eigenvalue weighted by Crippen LogP contribution is -2.36. The van der Waals surface area contributed by atoms with Crippen molar-refractivity contribution in [2.45, 2.75) is 26.8 Å². The van der Waals surface area contributed by atoms with Crippen molar-refractivity contribution in [3.63, 3.8) is 0 Å². The Morgan fingerprint density at radius 3 is 2.58 bits per heavy atom. The van der Waals surface area contributed by atoms with Gasteiger partial charge in [0.15, 0.2) is 11.5 Å². The highest BCUT2D eigenvalue weighted by molar-refractivity contribution is 7.17. The quantitative estimate of drug-likeness (QED) is 0.731. The first-order valence-electron chi connectivity index (χ1n) is 8.96. The first-order chi connectivity index (χ1) is 12.7. The van der Waals surface area contributed by atoms with Crippen LogP contribution in [0.5, 0.6) is 11.5 Å². The second-order valence-electron chi connectivity index (χ2n) is 6.29. The van der Waals surface area contributed by atoms with E-state index in [9.17, 15) is 4.79 Å². The standard InChI is InChI=1S/C20H22N2O3S/c1-3-24-17-9-13-5-7-22(12-14(13)10-18(17)25-4-2)20(23)16-11-19-15(21-16)6-8-26-19/h6,8-11,21H,3-5,7,12H2,1-2H3. The Balaban J connectivity index is 1.59. The van der Waals surface area contributed by atoms with Gasteiger partial charge in [-0.25, -0.2) is 0 Å². The second-order valence-corrected chi connectivity index (χ2v) is 7.24. The minimum absolute atomic E-state index is 0.0471. The normalized spacial score (nSPS) is 13.7. The van der Waals surface area contributed by atoms with Crippen LogP contribution in [0, 0.1) is 0 Å². The smallest absolute Gasteiger partial charge is 0.270 e. The lowest BCUT2D eigenvalue weighted by molar-refractivity contribution is 0.0729. The van der Waals surface area contributed by atoms with Crippen LogP contribution < -0.4 is 9.47 Å². The lowest BCUT2D eigenvalue weighted by Gasteiger charge is -2.29. The minimum atomic E-state index is 0.0471. The molecular formula is C20H22N2O3S. The molecule has 0 bridgehead atoms. The van der Waals surface area contributed by atoms with E-state index in [4.69, 9.17) is 9.47 Å². The highest BCUT2D eigenvalue weighted by Gasteiger charge is 2.25. The minimum Gasteiger partial charge on any atom is -0.490 e. The molecule has 1 aliphatic heterocycles. The van der Waals surface area contributed by atoms with Crippen molar-refractivity contribution in [1.82, 2.24) is 9.88 Å². The number of aromatic nitrogens is 1. The number of amides is 1. The van der Waals surface area contributed by atoms with Gasteiger partial charge in [-0.2, -0.15) is 0 Å². The molecule has 136 valence electrons. The molecule has 0 atom stereocenters. The predicted molar refractivity (Wildman–Crippen MR) is 103 cm³/mol. The van der Waals surface area contributed by atoms with Crippen molar-refractivity contribution >= 4 is 27.5 Å². The second kappa shape index (κ2) is 7.03. The molecule has 0 unspecified atom stereocenters. The number of fused-ring (bicyclic) bond motifs is 2. The fourth-order valence-electron chi connectivity index (χ4n) is 3.41. The molecule has 4 rings (SSSR count). The zero-order valence-corrected chi connectivity index (χ0v) is 15.8. The Bertz CT molecular complexity index is 915. The number of carbonyl (C=O) groups is 1. The summed E-state index contributed by atoms with van der Waals surface area (Å²) in [5.74, 6) is 1.59.